The molecule has 0 radical (unpaired) electrons. The van der Waals surface area contributed by atoms with Crippen molar-refractivity contribution in [2.75, 3.05) is 16.4 Å². The molecule has 5 nitrogen and oxygen atoms in total. The number of nitrogens with zero attached hydrogens (tertiary/aromatic N) is 2. The molecular formula is C19H15F3N2O3S2. The van der Waals surface area contributed by atoms with E-state index in [1.807, 2.05) is 0 Å². The molecule has 2 aliphatic rings. The van der Waals surface area contributed by atoms with Crippen molar-refractivity contribution in [1.29, 1.82) is 0 Å². The van der Waals surface area contributed by atoms with Crippen LogP contribution in [-0.4, -0.2) is 42.3 Å². The van der Waals surface area contributed by atoms with Crippen molar-refractivity contribution in [3.8, 4) is 0 Å². The number of amidine groups is 1. The third-order valence-electron chi connectivity index (χ3n) is 4.74. The molecule has 2 saturated heterocycles. The average Bonchev–Trinajstić information content (AvgIpc) is 3.12. The zero-order valence-corrected chi connectivity index (χ0v) is 16.5. The summed E-state index contributed by atoms with van der Waals surface area (Å²) < 4.78 is 63.7. The summed E-state index contributed by atoms with van der Waals surface area (Å²) in [6.07, 6.45) is -4.54. The minimum atomic E-state index is -4.54. The summed E-state index contributed by atoms with van der Waals surface area (Å²) >= 11 is 1.12. The molecule has 0 unspecified atom stereocenters. The normalized spacial score (nSPS) is 24.7. The first-order valence-corrected chi connectivity index (χ1v) is 11.4. The number of sulfone groups is 1. The topological polar surface area (TPSA) is 66.8 Å². The number of benzene rings is 2. The first-order chi connectivity index (χ1) is 13.6. The lowest BCUT2D eigenvalue weighted by Gasteiger charge is -2.25. The molecule has 0 aliphatic carbocycles. The molecule has 2 fully saturated rings. The molecule has 2 heterocycles. The van der Waals surface area contributed by atoms with Crippen molar-refractivity contribution in [2.45, 2.75) is 17.5 Å². The van der Waals surface area contributed by atoms with Crippen LogP contribution in [0.2, 0.25) is 0 Å². The van der Waals surface area contributed by atoms with E-state index in [0.717, 1.165) is 23.9 Å². The first kappa shape index (κ1) is 20.0. The Hall–Kier alpha value is -2.33. The fourth-order valence-corrected chi connectivity index (χ4v) is 7.34. The van der Waals surface area contributed by atoms with Gasteiger partial charge in [0.15, 0.2) is 15.0 Å². The molecule has 0 bridgehead atoms. The number of hydrogen-bond donors (Lipinski definition) is 0. The summed E-state index contributed by atoms with van der Waals surface area (Å²) in [5.41, 5.74) is -0.344. The van der Waals surface area contributed by atoms with Gasteiger partial charge in [-0.1, -0.05) is 36.0 Å². The molecule has 29 heavy (non-hydrogen) atoms. The highest BCUT2D eigenvalue weighted by Gasteiger charge is 2.49. The monoisotopic (exact) mass is 440 g/mol. The fourth-order valence-electron chi connectivity index (χ4n) is 3.43. The number of hydrogen-bond acceptors (Lipinski definition) is 4. The van der Waals surface area contributed by atoms with Crippen molar-refractivity contribution in [3.63, 3.8) is 0 Å². The van der Waals surface area contributed by atoms with E-state index in [-0.39, 0.29) is 22.4 Å². The summed E-state index contributed by atoms with van der Waals surface area (Å²) in [6.45, 7) is 0. The second-order valence-electron chi connectivity index (χ2n) is 6.78. The fraction of sp³-hybridized carbons (Fsp3) is 0.263. The highest BCUT2D eigenvalue weighted by atomic mass is 32.2. The lowest BCUT2D eigenvalue weighted by atomic mass is 10.1. The van der Waals surface area contributed by atoms with E-state index in [2.05, 4.69) is 4.99 Å². The minimum absolute atomic E-state index is 0.101. The zero-order chi connectivity index (χ0) is 20.8. The van der Waals surface area contributed by atoms with Crippen LogP contribution in [0.25, 0.3) is 0 Å². The van der Waals surface area contributed by atoms with E-state index in [1.165, 1.54) is 17.0 Å². The third kappa shape index (κ3) is 4.04. The van der Waals surface area contributed by atoms with Gasteiger partial charge in [0, 0.05) is 16.5 Å². The predicted molar refractivity (Wildman–Crippen MR) is 106 cm³/mol. The molecule has 1 amide bonds. The van der Waals surface area contributed by atoms with Crippen LogP contribution >= 0.6 is 11.8 Å². The van der Waals surface area contributed by atoms with Crippen LogP contribution < -0.4 is 4.90 Å². The number of anilines is 1. The average molecular weight is 440 g/mol. The maximum absolute atomic E-state index is 13.2. The van der Waals surface area contributed by atoms with Gasteiger partial charge in [0.05, 0.1) is 23.1 Å². The van der Waals surface area contributed by atoms with Gasteiger partial charge in [-0.3, -0.25) is 4.79 Å². The standard InChI is InChI=1S/C19H15F3N2O3S2/c20-19(21,22)13-7-4-8-14(9-13)24-15-10-29(26,27)11-16(15)28-18(24)23-17(25)12-5-2-1-3-6-12/h1-9,15-16H,10-11H2/t15-,16+/m1/s1. The molecule has 0 aromatic heterocycles. The molecule has 2 atom stereocenters. The lowest BCUT2D eigenvalue weighted by molar-refractivity contribution is -0.137. The van der Waals surface area contributed by atoms with Crippen LogP contribution in [0.4, 0.5) is 18.9 Å². The van der Waals surface area contributed by atoms with Gasteiger partial charge >= 0.3 is 6.18 Å². The Morgan fingerprint density at radius 2 is 1.79 bits per heavy atom. The Bertz CT molecular complexity index is 1090. The van der Waals surface area contributed by atoms with E-state index in [4.69, 9.17) is 0 Å². The Balaban J connectivity index is 1.76. The molecule has 0 N–H and O–H groups in total. The molecule has 2 aromatic rings. The number of fused-ring (bicyclic) bond motifs is 1. The summed E-state index contributed by atoms with van der Waals surface area (Å²) in [6, 6.07) is 12.3. The van der Waals surface area contributed by atoms with E-state index in [9.17, 15) is 26.4 Å². The van der Waals surface area contributed by atoms with Crippen LogP contribution in [0.15, 0.2) is 59.6 Å². The van der Waals surface area contributed by atoms with Gasteiger partial charge in [-0.2, -0.15) is 18.2 Å². The number of rotatable bonds is 2. The molecule has 152 valence electrons. The number of thioether (sulfide) groups is 1. The summed E-state index contributed by atoms with van der Waals surface area (Å²) in [7, 11) is -3.31. The maximum Gasteiger partial charge on any atom is 0.416 e. The van der Waals surface area contributed by atoms with Gasteiger partial charge < -0.3 is 4.90 Å². The predicted octanol–water partition coefficient (Wildman–Crippen LogP) is 3.62. The minimum Gasteiger partial charge on any atom is -0.316 e. The maximum atomic E-state index is 13.2. The Kier molecular flexibility index (Phi) is 4.94. The smallest absolute Gasteiger partial charge is 0.316 e. The van der Waals surface area contributed by atoms with Gasteiger partial charge in [0.2, 0.25) is 0 Å². The Morgan fingerprint density at radius 3 is 2.48 bits per heavy atom. The molecule has 2 aliphatic heterocycles. The molecule has 0 saturated carbocycles. The zero-order valence-electron chi connectivity index (χ0n) is 14.8. The van der Waals surface area contributed by atoms with Gasteiger partial charge in [-0.15, -0.1) is 0 Å². The van der Waals surface area contributed by atoms with Crippen molar-refractivity contribution in [2.24, 2.45) is 4.99 Å². The van der Waals surface area contributed by atoms with Gasteiger partial charge in [-0.25, -0.2) is 8.42 Å². The summed E-state index contributed by atoms with van der Waals surface area (Å²) in [4.78, 5) is 18.1. The number of carbonyl (C=O) groups is 1. The van der Waals surface area contributed by atoms with Crippen molar-refractivity contribution < 1.29 is 26.4 Å². The van der Waals surface area contributed by atoms with Crippen LogP contribution in [0.1, 0.15) is 15.9 Å². The number of carbonyl (C=O) groups excluding carboxylic acids is 1. The second-order valence-corrected chi connectivity index (χ2v) is 10.1. The third-order valence-corrected chi connectivity index (χ3v) is 7.95. The van der Waals surface area contributed by atoms with Crippen LogP contribution in [0.5, 0.6) is 0 Å². The largest absolute Gasteiger partial charge is 0.416 e. The molecule has 4 rings (SSSR count). The number of aliphatic imine (C=N–C) groups is 1. The SMILES string of the molecule is O=C(N=C1S[C@H]2CS(=O)(=O)C[C@H]2N1c1cccc(C(F)(F)F)c1)c1ccccc1. The summed E-state index contributed by atoms with van der Waals surface area (Å²) in [5, 5.41) is -0.181. The highest BCUT2D eigenvalue weighted by Crippen LogP contribution is 2.42. The Morgan fingerprint density at radius 1 is 1.07 bits per heavy atom. The van der Waals surface area contributed by atoms with Crippen molar-refractivity contribution in [3.05, 3.63) is 65.7 Å². The van der Waals surface area contributed by atoms with Gasteiger partial charge in [0.1, 0.15) is 0 Å². The number of alkyl halides is 3. The Labute approximate surface area is 169 Å². The quantitative estimate of drug-likeness (QED) is 0.714. The van der Waals surface area contributed by atoms with E-state index < -0.39 is 38.8 Å². The number of amides is 1. The number of halogens is 3. The van der Waals surface area contributed by atoms with E-state index in [1.54, 1.807) is 30.3 Å². The van der Waals surface area contributed by atoms with Crippen molar-refractivity contribution in [1.82, 2.24) is 0 Å². The highest BCUT2D eigenvalue weighted by molar-refractivity contribution is 8.16. The van der Waals surface area contributed by atoms with E-state index in [0.29, 0.717) is 5.56 Å². The van der Waals surface area contributed by atoms with Crippen molar-refractivity contribution >= 4 is 38.4 Å². The molecule has 2 aromatic carbocycles. The van der Waals surface area contributed by atoms with E-state index >= 15 is 0 Å². The lowest BCUT2D eigenvalue weighted by Crippen LogP contribution is -2.37. The summed E-state index contributed by atoms with van der Waals surface area (Å²) in [5.74, 6) is -0.830. The molecule has 0 spiro atoms. The molecule has 10 heteroatoms. The molecular weight excluding hydrogens is 425 g/mol. The van der Waals surface area contributed by atoms with Crippen LogP contribution in [0, 0.1) is 0 Å². The van der Waals surface area contributed by atoms with Gasteiger partial charge in [0.25, 0.3) is 5.91 Å². The second kappa shape index (κ2) is 7.17. The van der Waals surface area contributed by atoms with Crippen LogP contribution in [0.3, 0.4) is 0 Å². The van der Waals surface area contributed by atoms with Crippen LogP contribution in [-0.2, 0) is 16.0 Å². The van der Waals surface area contributed by atoms with Gasteiger partial charge in [-0.05, 0) is 30.3 Å². The first-order valence-electron chi connectivity index (χ1n) is 8.66.